The Labute approximate surface area is 134 Å². The average molecular weight is 321 g/mol. The van der Waals surface area contributed by atoms with Gasteiger partial charge in [-0.15, -0.1) is 11.8 Å². The molecule has 6 heteroatoms. The van der Waals surface area contributed by atoms with E-state index in [0.717, 1.165) is 22.9 Å². The first kappa shape index (κ1) is 16.5. The second-order valence-corrected chi connectivity index (χ2v) is 6.36. The molecule has 118 valence electrons. The maximum Gasteiger partial charge on any atom is 0.315 e. The minimum atomic E-state index is -0.516. The molecule has 1 aliphatic heterocycles. The van der Waals surface area contributed by atoms with Crippen LogP contribution >= 0.6 is 11.8 Å². The first-order chi connectivity index (χ1) is 10.4. The lowest BCUT2D eigenvalue weighted by Gasteiger charge is -2.17. The average Bonchev–Trinajstić information content (AvgIpc) is 2.72. The number of carbonyl (C=O) groups is 3. The van der Waals surface area contributed by atoms with Gasteiger partial charge in [0.1, 0.15) is 0 Å². The molecule has 5 nitrogen and oxygen atoms in total. The monoisotopic (exact) mass is 321 g/mol. The van der Waals surface area contributed by atoms with Gasteiger partial charge < -0.3 is 4.74 Å². The standard InChI is InChI=1S/C16H19NO4S/c1-4-21-15(19)9-22-13-8-14(18)17(16(13)20)12-6-5-10(2)7-11(12)3/h5-7,13H,4,8-9H2,1-3H3/t13-/m0/s1. The summed E-state index contributed by atoms with van der Waals surface area (Å²) in [6.07, 6.45) is 0.121. The van der Waals surface area contributed by atoms with Gasteiger partial charge in [-0.2, -0.15) is 0 Å². The fourth-order valence-electron chi connectivity index (χ4n) is 2.41. The molecular formula is C16H19NO4S. The van der Waals surface area contributed by atoms with Gasteiger partial charge in [-0.25, -0.2) is 4.90 Å². The number of hydrogen-bond acceptors (Lipinski definition) is 5. The molecule has 1 heterocycles. The Balaban J connectivity index is 2.10. The zero-order valence-electron chi connectivity index (χ0n) is 12.9. The molecule has 1 aromatic rings. The number of hydrogen-bond donors (Lipinski definition) is 0. The highest BCUT2D eigenvalue weighted by molar-refractivity contribution is 8.01. The summed E-state index contributed by atoms with van der Waals surface area (Å²) in [5.41, 5.74) is 2.59. The molecule has 0 spiro atoms. The van der Waals surface area contributed by atoms with Gasteiger partial charge in [-0.3, -0.25) is 14.4 Å². The Kier molecular flexibility index (Phi) is 5.24. The number of ether oxygens (including phenoxy) is 1. The van der Waals surface area contributed by atoms with Crippen molar-refractivity contribution < 1.29 is 19.1 Å². The van der Waals surface area contributed by atoms with Crippen molar-refractivity contribution in [3.8, 4) is 0 Å². The first-order valence-corrected chi connectivity index (χ1v) is 8.20. The maximum atomic E-state index is 12.5. The molecule has 1 fully saturated rings. The minimum absolute atomic E-state index is 0.0816. The highest BCUT2D eigenvalue weighted by atomic mass is 32.2. The molecule has 0 N–H and O–H groups in total. The Hall–Kier alpha value is -1.82. The van der Waals surface area contributed by atoms with Crippen molar-refractivity contribution in [3.05, 3.63) is 29.3 Å². The molecule has 1 aromatic carbocycles. The highest BCUT2D eigenvalue weighted by Crippen LogP contribution is 2.31. The van der Waals surface area contributed by atoms with Gasteiger partial charge >= 0.3 is 5.97 Å². The number of amides is 2. The topological polar surface area (TPSA) is 63.7 Å². The Morgan fingerprint density at radius 2 is 2.09 bits per heavy atom. The van der Waals surface area contributed by atoms with Crippen molar-refractivity contribution in [2.75, 3.05) is 17.3 Å². The van der Waals surface area contributed by atoms with Gasteiger partial charge in [0, 0.05) is 6.42 Å². The largest absolute Gasteiger partial charge is 0.465 e. The molecule has 2 rings (SSSR count). The SMILES string of the molecule is CCOC(=O)CS[C@H]1CC(=O)N(c2ccc(C)cc2C)C1=O. The third-order valence-corrected chi connectivity index (χ3v) is 4.58. The number of aryl methyl sites for hydroxylation is 2. The van der Waals surface area contributed by atoms with Crippen LogP contribution in [-0.4, -0.2) is 35.4 Å². The molecule has 0 aliphatic carbocycles. The molecule has 1 aliphatic rings. The van der Waals surface area contributed by atoms with Crippen LogP contribution in [0.2, 0.25) is 0 Å². The molecule has 0 unspecified atom stereocenters. The molecule has 0 saturated carbocycles. The van der Waals surface area contributed by atoms with Crippen LogP contribution in [0.25, 0.3) is 0 Å². The van der Waals surface area contributed by atoms with E-state index >= 15 is 0 Å². The van der Waals surface area contributed by atoms with Crippen molar-refractivity contribution >= 4 is 35.2 Å². The lowest BCUT2D eigenvalue weighted by Crippen LogP contribution is -2.32. The smallest absolute Gasteiger partial charge is 0.315 e. The van der Waals surface area contributed by atoms with Crippen LogP contribution in [0.4, 0.5) is 5.69 Å². The summed E-state index contributed by atoms with van der Waals surface area (Å²) >= 11 is 1.16. The van der Waals surface area contributed by atoms with Gasteiger partial charge in [0.25, 0.3) is 0 Å². The number of nitrogens with zero attached hydrogens (tertiary/aromatic N) is 1. The number of anilines is 1. The van der Waals surface area contributed by atoms with Crippen molar-refractivity contribution in [1.29, 1.82) is 0 Å². The molecule has 22 heavy (non-hydrogen) atoms. The maximum absolute atomic E-state index is 12.5. The Bertz CT molecular complexity index is 614. The highest BCUT2D eigenvalue weighted by Gasteiger charge is 2.40. The van der Waals surface area contributed by atoms with Crippen LogP contribution in [0.1, 0.15) is 24.5 Å². The van der Waals surface area contributed by atoms with Crippen LogP contribution in [-0.2, 0) is 19.1 Å². The number of thioether (sulfide) groups is 1. The fraction of sp³-hybridized carbons (Fsp3) is 0.438. The van der Waals surface area contributed by atoms with Crippen LogP contribution < -0.4 is 4.90 Å². The van der Waals surface area contributed by atoms with Gasteiger partial charge in [-0.1, -0.05) is 17.7 Å². The molecule has 0 bridgehead atoms. The van der Waals surface area contributed by atoms with E-state index < -0.39 is 5.25 Å². The molecule has 2 amide bonds. The second-order valence-electron chi connectivity index (χ2n) is 5.17. The number of rotatable bonds is 5. The van der Waals surface area contributed by atoms with E-state index in [1.165, 1.54) is 4.90 Å². The molecule has 1 atom stereocenters. The molecular weight excluding hydrogens is 302 g/mol. The summed E-state index contributed by atoms with van der Waals surface area (Å²) in [6.45, 7) is 5.88. The Morgan fingerprint density at radius 1 is 1.36 bits per heavy atom. The van der Waals surface area contributed by atoms with E-state index in [2.05, 4.69) is 0 Å². The quantitative estimate of drug-likeness (QED) is 0.615. The van der Waals surface area contributed by atoms with Gasteiger partial charge in [0.15, 0.2) is 0 Å². The van der Waals surface area contributed by atoms with E-state index in [1.54, 1.807) is 13.0 Å². The first-order valence-electron chi connectivity index (χ1n) is 7.15. The number of imide groups is 1. The van der Waals surface area contributed by atoms with Gasteiger partial charge in [0.2, 0.25) is 11.8 Å². The second kappa shape index (κ2) is 6.96. The van der Waals surface area contributed by atoms with Crippen LogP contribution in [0.5, 0.6) is 0 Å². The predicted molar refractivity (Wildman–Crippen MR) is 85.9 cm³/mol. The van der Waals surface area contributed by atoms with Crippen LogP contribution in [0.3, 0.4) is 0 Å². The summed E-state index contributed by atoms with van der Waals surface area (Å²) in [5, 5.41) is -0.516. The fourth-order valence-corrected chi connectivity index (χ4v) is 3.34. The lowest BCUT2D eigenvalue weighted by molar-refractivity contribution is -0.139. The minimum Gasteiger partial charge on any atom is -0.465 e. The summed E-state index contributed by atoms with van der Waals surface area (Å²) in [7, 11) is 0. The summed E-state index contributed by atoms with van der Waals surface area (Å²) in [4.78, 5) is 37.2. The van der Waals surface area contributed by atoms with E-state index in [9.17, 15) is 14.4 Å². The van der Waals surface area contributed by atoms with Gasteiger partial charge in [0.05, 0.1) is 23.3 Å². The molecule has 0 radical (unpaired) electrons. The third kappa shape index (κ3) is 3.50. The zero-order valence-corrected chi connectivity index (χ0v) is 13.7. The normalized spacial score (nSPS) is 18.0. The van der Waals surface area contributed by atoms with Crippen molar-refractivity contribution in [3.63, 3.8) is 0 Å². The zero-order chi connectivity index (χ0) is 16.3. The number of benzene rings is 1. The predicted octanol–water partition coefficient (Wildman–Crippen LogP) is 2.23. The summed E-state index contributed by atoms with van der Waals surface area (Å²) in [5.74, 6) is -0.764. The summed E-state index contributed by atoms with van der Waals surface area (Å²) < 4.78 is 4.84. The third-order valence-electron chi connectivity index (χ3n) is 3.41. The van der Waals surface area contributed by atoms with E-state index in [0.29, 0.717) is 12.3 Å². The van der Waals surface area contributed by atoms with Crippen molar-refractivity contribution in [1.82, 2.24) is 0 Å². The number of esters is 1. The lowest BCUT2D eigenvalue weighted by atomic mass is 10.1. The molecule has 0 aromatic heterocycles. The van der Waals surface area contributed by atoms with Gasteiger partial charge in [-0.05, 0) is 32.4 Å². The van der Waals surface area contributed by atoms with Crippen LogP contribution in [0.15, 0.2) is 18.2 Å². The van der Waals surface area contributed by atoms with E-state index in [4.69, 9.17) is 4.74 Å². The van der Waals surface area contributed by atoms with E-state index in [-0.39, 0.29) is 30.0 Å². The molecule has 1 saturated heterocycles. The number of carbonyl (C=O) groups excluding carboxylic acids is 3. The van der Waals surface area contributed by atoms with Crippen molar-refractivity contribution in [2.24, 2.45) is 0 Å². The van der Waals surface area contributed by atoms with E-state index in [1.807, 2.05) is 26.0 Å². The summed E-state index contributed by atoms with van der Waals surface area (Å²) in [6, 6.07) is 5.61. The van der Waals surface area contributed by atoms with Crippen molar-refractivity contribution in [2.45, 2.75) is 32.4 Å². The van der Waals surface area contributed by atoms with Crippen LogP contribution in [0, 0.1) is 13.8 Å². The Morgan fingerprint density at radius 3 is 2.73 bits per heavy atom.